The zero-order valence-electron chi connectivity index (χ0n) is 12.9. The number of carbonyl (C=O) groups is 1. The molecule has 1 aromatic rings. The van der Waals surface area contributed by atoms with Crippen molar-refractivity contribution in [2.45, 2.75) is 51.2 Å². The zero-order valence-corrected chi connectivity index (χ0v) is 12.9. The maximum absolute atomic E-state index is 12.1. The summed E-state index contributed by atoms with van der Waals surface area (Å²) in [5.41, 5.74) is 6.23. The average molecular weight is 290 g/mol. The molecule has 2 rings (SSSR count). The molecule has 1 aliphatic rings. The number of amides is 1. The monoisotopic (exact) mass is 290 g/mol. The molecule has 1 atom stereocenters. The molecule has 0 spiro atoms. The fourth-order valence-electron chi connectivity index (χ4n) is 2.74. The number of aliphatic hydroxyl groups is 1. The minimum absolute atomic E-state index is 0.237. The number of rotatable bonds is 4. The van der Waals surface area contributed by atoms with Crippen LogP contribution < -0.4 is 11.1 Å². The van der Waals surface area contributed by atoms with Gasteiger partial charge in [-0.3, -0.25) is 4.79 Å². The first kappa shape index (κ1) is 16.0. The van der Waals surface area contributed by atoms with E-state index in [0.717, 1.165) is 31.2 Å². The molecule has 1 aromatic carbocycles. The summed E-state index contributed by atoms with van der Waals surface area (Å²) in [5.74, 6) is -0.237. The molecule has 4 nitrogen and oxygen atoms in total. The van der Waals surface area contributed by atoms with Crippen molar-refractivity contribution < 1.29 is 9.90 Å². The maximum Gasteiger partial charge on any atom is 0.241 e. The first-order chi connectivity index (χ1) is 9.81. The van der Waals surface area contributed by atoms with Crippen molar-refractivity contribution in [3.63, 3.8) is 0 Å². The SMILES string of the molecule is CC1(C)CCC(O)(CNC(=O)[C@H](N)c2ccccc2)CC1. The van der Waals surface area contributed by atoms with Gasteiger partial charge in [0, 0.05) is 6.54 Å². The van der Waals surface area contributed by atoms with E-state index in [9.17, 15) is 9.90 Å². The van der Waals surface area contributed by atoms with Crippen LogP contribution >= 0.6 is 0 Å². The van der Waals surface area contributed by atoms with Crippen LogP contribution in [0.4, 0.5) is 0 Å². The van der Waals surface area contributed by atoms with Crippen molar-refractivity contribution >= 4 is 5.91 Å². The summed E-state index contributed by atoms with van der Waals surface area (Å²) in [6.45, 7) is 4.72. The molecular weight excluding hydrogens is 264 g/mol. The Bertz CT molecular complexity index is 475. The van der Waals surface area contributed by atoms with Crippen molar-refractivity contribution in [3.05, 3.63) is 35.9 Å². The van der Waals surface area contributed by atoms with Crippen molar-refractivity contribution in [1.82, 2.24) is 5.32 Å². The standard InChI is InChI=1S/C17H26N2O2/c1-16(2)8-10-17(21,11-9-16)12-19-15(20)14(18)13-6-4-3-5-7-13/h3-7,14,21H,8-12,18H2,1-2H3,(H,19,20)/t14-/m1/s1. The van der Waals surface area contributed by atoms with Gasteiger partial charge in [-0.25, -0.2) is 0 Å². The Balaban J connectivity index is 1.87. The molecule has 0 heterocycles. The second-order valence-corrected chi connectivity index (χ2v) is 6.99. The van der Waals surface area contributed by atoms with E-state index in [1.807, 2.05) is 30.3 Å². The van der Waals surface area contributed by atoms with Crippen molar-refractivity contribution in [1.29, 1.82) is 0 Å². The Kier molecular flexibility index (Phi) is 4.69. The molecule has 4 N–H and O–H groups in total. The van der Waals surface area contributed by atoms with Crippen molar-refractivity contribution in [3.8, 4) is 0 Å². The lowest BCUT2D eigenvalue weighted by Crippen LogP contribution is -2.48. The predicted octanol–water partition coefficient (Wildman–Crippen LogP) is 2.13. The summed E-state index contributed by atoms with van der Waals surface area (Å²) >= 11 is 0. The third kappa shape index (κ3) is 4.29. The van der Waals surface area contributed by atoms with Crippen LogP contribution in [-0.2, 0) is 4.79 Å². The number of hydrogen-bond acceptors (Lipinski definition) is 3. The summed E-state index contributed by atoms with van der Waals surface area (Å²) in [4.78, 5) is 12.1. The quantitative estimate of drug-likeness (QED) is 0.795. The van der Waals surface area contributed by atoms with Gasteiger partial charge >= 0.3 is 0 Å². The highest BCUT2D eigenvalue weighted by atomic mass is 16.3. The van der Waals surface area contributed by atoms with E-state index in [2.05, 4.69) is 19.2 Å². The van der Waals surface area contributed by atoms with Gasteiger partial charge in [-0.05, 0) is 36.7 Å². The molecule has 0 aliphatic heterocycles. The Morgan fingerprint density at radius 3 is 2.38 bits per heavy atom. The Morgan fingerprint density at radius 1 is 1.24 bits per heavy atom. The first-order valence-electron chi connectivity index (χ1n) is 7.62. The fourth-order valence-corrected chi connectivity index (χ4v) is 2.74. The van der Waals surface area contributed by atoms with Gasteiger partial charge in [0.15, 0.2) is 0 Å². The molecule has 4 heteroatoms. The molecule has 0 unspecified atom stereocenters. The summed E-state index contributed by atoms with van der Waals surface area (Å²) in [7, 11) is 0. The molecule has 1 aliphatic carbocycles. The van der Waals surface area contributed by atoms with E-state index in [0.29, 0.717) is 0 Å². The molecule has 116 valence electrons. The van der Waals surface area contributed by atoms with Crippen LogP contribution in [-0.4, -0.2) is 23.2 Å². The number of nitrogens with two attached hydrogens (primary N) is 1. The molecular formula is C17H26N2O2. The fraction of sp³-hybridized carbons (Fsp3) is 0.588. The number of benzene rings is 1. The van der Waals surface area contributed by atoms with Crippen LogP contribution in [0.1, 0.15) is 51.1 Å². The summed E-state index contributed by atoms with van der Waals surface area (Å²) in [5, 5.41) is 13.4. The Morgan fingerprint density at radius 2 is 1.81 bits per heavy atom. The number of nitrogens with one attached hydrogen (secondary N) is 1. The van der Waals surface area contributed by atoms with E-state index < -0.39 is 11.6 Å². The van der Waals surface area contributed by atoms with Gasteiger partial charge < -0.3 is 16.2 Å². The van der Waals surface area contributed by atoms with Crippen molar-refractivity contribution in [2.24, 2.45) is 11.1 Å². The van der Waals surface area contributed by atoms with E-state index in [1.165, 1.54) is 0 Å². The highest BCUT2D eigenvalue weighted by Crippen LogP contribution is 2.39. The van der Waals surface area contributed by atoms with Gasteiger partial charge in [-0.2, -0.15) is 0 Å². The van der Waals surface area contributed by atoms with Crippen LogP contribution in [0.15, 0.2) is 30.3 Å². The van der Waals surface area contributed by atoms with Gasteiger partial charge in [0.25, 0.3) is 0 Å². The molecule has 0 aromatic heterocycles. The van der Waals surface area contributed by atoms with E-state index in [-0.39, 0.29) is 17.9 Å². The van der Waals surface area contributed by atoms with E-state index >= 15 is 0 Å². The van der Waals surface area contributed by atoms with Crippen LogP contribution in [0.25, 0.3) is 0 Å². The lowest BCUT2D eigenvalue weighted by atomic mass is 9.71. The summed E-state index contributed by atoms with van der Waals surface area (Å²) in [6, 6.07) is 8.60. The second kappa shape index (κ2) is 6.16. The lowest BCUT2D eigenvalue weighted by Gasteiger charge is -2.40. The minimum atomic E-state index is -0.790. The lowest BCUT2D eigenvalue weighted by molar-refractivity contribution is -0.124. The van der Waals surface area contributed by atoms with Gasteiger partial charge in [-0.1, -0.05) is 44.2 Å². The predicted molar refractivity (Wildman–Crippen MR) is 83.6 cm³/mol. The van der Waals surface area contributed by atoms with E-state index in [4.69, 9.17) is 5.73 Å². The Labute approximate surface area is 126 Å². The van der Waals surface area contributed by atoms with Gasteiger partial charge in [0.2, 0.25) is 5.91 Å². The topological polar surface area (TPSA) is 75.3 Å². The molecule has 0 bridgehead atoms. The van der Waals surface area contributed by atoms with Crippen LogP contribution in [0.2, 0.25) is 0 Å². The number of carbonyl (C=O) groups excluding carboxylic acids is 1. The molecule has 0 radical (unpaired) electrons. The minimum Gasteiger partial charge on any atom is -0.388 e. The van der Waals surface area contributed by atoms with Gasteiger partial charge in [0.05, 0.1) is 5.60 Å². The second-order valence-electron chi connectivity index (χ2n) is 6.99. The highest BCUT2D eigenvalue weighted by molar-refractivity contribution is 5.82. The summed E-state index contributed by atoms with van der Waals surface area (Å²) < 4.78 is 0. The first-order valence-corrected chi connectivity index (χ1v) is 7.62. The van der Waals surface area contributed by atoms with Gasteiger partial charge in [-0.15, -0.1) is 0 Å². The average Bonchev–Trinajstić information content (AvgIpc) is 2.49. The molecule has 1 amide bonds. The Hall–Kier alpha value is -1.39. The molecule has 0 saturated heterocycles. The van der Waals surface area contributed by atoms with Crippen molar-refractivity contribution in [2.75, 3.05) is 6.54 Å². The van der Waals surface area contributed by atoms with Gasteiger partial charge in [0.1, 0.15) is 6.04 Å². The normalized spacial score (nSPS) is 21.5. The smallest absolute Gasteiger partial charge is 0.241 e. The third-order valence-corrected chi connectivity index (χ3v) is 4.57. The highest BCUT2D eigenvalue weighted by Gasteiger charge is 2.37. The number of hydrogen-bond donors (Lipinski definition) is 3. The molecule has 21 heavy (non-hydrogen) atoms. The molecule has 1 fully saturated rings. The largest absolute Gasteiger partial charge is 0.388 e. The summed E-state index contributed by atoms with van der Waals surface area (Å²) in [6.07, 6.45) is 3.40. The van der Waals surface area contributed by atoms with Crippen LogP contribution in [0.3, 0.4) is 0 Å². The van der Waals surface area contributed by atoms with E-state index in [1.54, 1.807) is 0 Å². The van der Waals surface area contributed by atoms with Crippen LogP contribution in [0, 0.1) is 5.41 Å². The zero-order chi connectivity index (χ0) is 15.5. The maximum atomic E-state index is 12.1. The molecule has 1 saturated carbocycles. The third-order valence-electron chi connectivity index (χ3n) is 4.57. The van der Waals surface area contributed by atoms with Crippen LogP contribution in [0.5, 0.6) is 0 Å².